The van der Waals surface area contributed by atoms with Crippen molar-refractivity contribution in [3.63, 3.8) is 0 Å². The maximum absolute atomic E-state index is 12.1. The minimum absolute atomic E-state index is 0.0933. The van der Waals surface area contributed by atoms with Crippen molar-refractivity contribution in [2.24, 2.45) is 5.73 Å². The summed E-state index contributed by atoms with van der Waals surface area (Å²) in [7, 11) is 1.32. The van der Waals surface area contributed by atoms with Gasteiger partial charge in [-0.15, -0.1) is 0 Å². The molecule has 1 aliphatic rings. The van der Waals surface area contributed by atoms with Gasteiger partial charge in [-0.1, -0.05) is 12.1 Å². The van der Waals surface area contributed by atoms with Gasteiger partial charge in [0.25, 0.3) is 0 Å². The largest absolute Gasteiger partial charge is 0.465 e. The van der Waals surface area contributed by atoms with Gasteiger partial charge in [0.1, 0.15) is 0 Å². The van der Waals surface area contributed by atoms with Crippen LogP contribution < -0.4 is 11.1 Å². The maximum atomic E-state index is 12.1. The van der Waals surface area contributed by atoms with Crippen LogP contribution in [0, 0.1) is 0 Å². The highest BCUT2D eigenvalue weighted by Crippen LogP contribution is 2.11. The number of primary amides is 1. The Kier molecular flexibility index (Phi) is 5.35. The number of urea groups is 1. The lowest BCUT2D eigenvalue weighted by molar-refractivity contribution is -0.125. The SMILES string of the molecule is COC(=O)c1ccc(C=CC(=O)N2CCC(NC(N)=O)C2)cc1. The first-order chi connectivity index (χ1) is 11.0. The van der Waals surface area contributed by atoms with Crippen molar-refractivity contribution in [2.45, 2.75) is 12.5 Å². The summed E-state index contributed by atoms with van der Waals surface area (Å²) in [4.78, 5) is 35.9. The van der Waals surface area contributed by atoms with Gasteiger partial charge in [0.05, 0.1) is 12.7 Å². The van der Waals surface area contributed by atoms with E-state index >= 15 is 0 Å². The predicted octanol–water partition coefficient (Wildman–Crippen LogP) is 0.756. The van der Waals surface area contributed by atoms with Crippen LogP contribution in [0.2, 0.25) is 0 Å². The number of nitrogens with one attached hydrogen (secondary N) is 1. The molecule has 3 N–H and O–H groups in total. The van der Waals surface area contributed by atoms with Crippen LogP contribution in [0.5, 0.6) is 0 Å². The number of amides is 3. The highest BCUT2D eigenvalue weighted by atomic mass is 16.5. The normalized spacial score (nSPS) is 17.3. The van der Waals surface area contributed by atoms with Gasteiger partial charge in [-0.25, -0.2) is 9.59 Å². The average Bonchev–Trinajstić information content (AvgIpc) is 3.00. The van der Waals surface area contributed by atoms with Gasteiger partial charge in [0.2, 0.25) is 5.91 Å². The Balaban J connectivity index is 1.91. The van der Waals surface area contributed by atoms with Gasteiger partial charge >= 0.3 is 12.0 Å². The molecule has 7 heteroatoms. The summed E-state index contributed by atoms with van der Waals surface area (Å²) >= 11 is 0. The van der Waals surface area contributed by atoms with Crippen molar-refractivity contribution in [3.8, 4) is 0 Å². The van der Waals surface area contributed by atoms with Crippen molar-refractivity contribution in [2.75, 3.05) is 20.2 Å². The second kappa shape index (κ2) is 7.44. The summed E-state index contributed by atoms with van der Waals surface area (Å²) < 4.78 is 4.62. The van der Waals surface area contributed by atoms with Crippen LogP contribution in [-0.2, 0) is 9.53 Å². The van der Waals surface area contributed by atoms with Crippen LogP contribution in [-0.4, -0.2) is 49.0 Å². The second-order valence-electron chi connectivity index (χ2n) is 5.23. The highest BCUT2D eigenvalue weighted by Gasteiger charge is 2.25. The minimum atomic E-state index is -0.578. The summed E-state index contributed by atoms with van der Waals surface area (Å²) in [5.41, 5.74) is 6.33. The summed E-state index contributed by atoms with van der Waals surface area (Å²) in [5, 5.41) is 2.60. The van der Waals surface area contributed by atoms with Gasteiger partial charge in [-0.05, 0) is 30.2 Å². The van der Waals surface area contributed by atoms with Gasteiger partial charge in [-0.3, -0.25) is 4.79 Å². The number of carbonyl (C=O) groups is 3. The Morgan fingerprint density at radius 1 is 1.30 bits per heavy atom. The van der Waals surface area contributed by atoms with Crippen molar-refractivity contribution < 1.29 is 19.1 Å². The third kappa shape index (κ3) is 4.57. The fraction of sp³-hybridized carbons (Fsp3) is 0.312. The number of methoxy groups -OCH3 is 1. The Morgan fingerprint density at radius 2 is 2.00 bits per heavy atom. The number of hydrogen-bond donors (Lipinski definition) is 2. The molecule has 0 bridgehead atoms. The zero-order chi connectivity index (χ0) is 16.8. The molecule has 1 fully saturated rings. The summed E-state index contributed by atoms with van der Waals surface area (Å²) in [6.07, 6.45) is 3.84. The second-order valence-corrected chi connectivity index (χ2v) is 5.23. The van der Waals surface area contributed by atoms with Gasteiger partial charge in [0, 0.05) is 25.2 Å². The number of hydrogen-bond acceptors (Lipinski definition) is 4. The van der Waals surface area contributed by atoms with Crippen LogP contribution in [0.4, 0.5) is 4.79 Å². The molecule has 0 aliphatic carbocycles. The number of benzene rings is 1. The van der Waals surface area contributed by atoms with E-state index in [1.54, 1.807) is 35.2 Å². The third-order valence-corrected chi connectivity index (χ3v) is 3.60. The van der Waals surface area contributed by atoms with Gasteiger partial charge in [0.15, 0.2) is 0 Å². The molecule has 122 valence electrons. The summed E-state index contributed by atoms with van der Waals surface area (Å²) in [5.74, 6) is -0.530. The number of nitrogens with zero attached hydrogens (tertiary/aromatic N) is 1. The molecule has 0 saturated carbocycles. The third-order valence-electron chi connectivity index (χ3n) is 3.60. The fourth-order valence-corrected chi connectivity index (χ4v) is 2.40. The van der Waals surface area contributed by atoms with Crippen molar-refractivity contribution in [3.05, 3.63) is 41.5 Å². The molecule has 1 saturated heterocycles. The van der Waals surface area contributed by atoms with Crippen LogP contribution >= 0.6 is 0 Å². The van der Waals surface area contributed by atoms with Crippen LogP contribution in [0.3, 0.4) is 0 Å². The number of likely N-dealkylation sites (tertiary alicyclic amines) is 1. The molecule has 1 unspecified atom stereocenters. The Hall–Kier alpha value is -2.83. The Morgan fingerprint density at radius 3 is 2.61 bits per heavy atom. The summed E-state index contributed by atoms with van der Waals surface area (Å²) in [6, 6.07) is 6.07. The van der Waals surface area contributed by atoms with E-state index in [2.05, 4.69) is 10.1 Å². The van der Waals surface area contributed by atoms with Crippen LogP contribution in [0.1, 0.15) is 22.3 Å². The van der Waals surface area contributed by atoms with E-state index in [0.29, 0.717) is 25.1 Å². The molecule has 0 spiro atoms. The van der Waals surface area contributed by atoms with Crippen molar-refractivity contribution in [1.82, 2.24) is 10.2 Å². The topological polar surface area (TPSA) is 102 Å². The fourth-order valence-electron chi connectivity index (χ4n) is 2.40. The molecule has 1 aliphatic heterocycles. The molecule has 1 aromatic carbocycles. The average molecular weight is 317 g/mol. The van der Waals surface area contributed by atoms with E-state index in [9.17, 15) is 14.4 Å². The number of rotatable bonds is 4. The number of esters is 1. The smallest absolute Gasteiger partial charge is 0.337 e. The molecule has 0 aromatic heterocycles. The van der Waals surface area contributed by atoms with E-state index in [-0.39, 0.29) is 11.9 Å². The van der Waals surface area contributed by atoms with Crippen molar-refractivity contribution >= 4 is 24.0 Å². The van der Waals surface area contributed by atoms with E-state index in [1.807, 2.05) is 0 Å². The minimum Gasteiger partial charge on any atom is -0.465 e. The molecule has 0 radical (unpaired) electrons. The summed E-state index contributed by atoms with van der Waals surface area (Å²) in [6.45, 7) is 1.03. The van der Waals surface area contributed by atoms with E-state index < -0.39 is 12.0 Å². The molecule has 3 amide bonds. The predicted molar refractivity (Wildman–Crippen MR) is 84.5 cm³/mol. The molecular formula is C16H19N3O4. The van der Waals surface area contributed by atoms with Crippen LogP contribution in [0.15, 0.2) is 30.3 Å². The lowest BCUT2D eigenvalue weighted by Crippen LogP contribution is -2.40. The first kappa shape index (κ1) is 16.5. The molecule has 23 heavy (non-hydrogen) atoms. The number of ether oxygens (including phenoxy) is 1. The molecular weight excluding hydrogens is 298 g/mol. The Labute approximate surface area is 134 Å². The molecule has 2 rings (SSSR count). The highest BCUT2D eigenvalue weighted by molar-refractivity contribution is 5.92. The Bertz CT molecular complexity index is 625. The lowest BCUT2D eigenvalue weighted by Gasteiger charge is -2.14. The van der Waals surface area contributed by atoms with E-state index in [1.165, 1.54) is 13.2 Å². The number of carbonyl (C=O) groups excluding carboxylic acids is 3. The first-order valence-electron chi connectivity index (χ1n) is 7.21. The zero-order valence-corrected chi connectivity index (χ0v) is 12.8. The van der Waals surface area contributed by atoms with Crippen LogP contribution in [0.25, 0.3) is 6.08 Å². The number of nitrogens with two attached hydrogens (primary N) is 1. The van der Waals surface area contributed by atoms with E-state index in [0.717, 1.165) is 5.56 Å². The molecule has 1 atom stereocenters. The lowest BCUT2D eigenvalue weighted by atomic mass is 10.1. The maximum Gasteiger partial charge on any atom is 0.337 e. The zero-order valence-electron chi connectivity index (χ0n) is 12.8. The van der Waals surface area contributed by atoms with E-state index in [4.69, 9.17) is 5.73 Å². The first-order valence-corrected chi connectivity index (χ1v) is 7.21. The molecule has 1 aromatic rings. The van der Waals surface area contributed by atoms with Gasteiger partial charge < -0.3 is 20.7 Å². The molecule has 1 heterocycles. The van der Waals surface area contributed by atoms with Crippen molar-refractivity contribution in [1.29, 1.82) is 0 Å². The van der Waals surface area contributed by atoms with Gasteiger partial charge in [-0.2, -0.15) is 0 Å². The standard InChI is InChI=1S/C16H19N3O4/c1-23-15(21)12-5-2-11(3-6-12)4-7-14(20)19-9-8-13(10-19)18-16(17)22/h2-7,13H,8-10H2,1H3,(H3,17,18,22). The molecule has 7 nitrogen and oxygen atoms in total. The monoisotopic (exact) mass is 317 g/mol. The quantitative estimate of drug-likeness (QED) is 0.632.